The van der Waals surface area contributed by atoms with Gasteiger partial charge in [0.2, 0.25) is 11.9 Å². The van der Waals surface area contributed by atoms with Crippen LogP contribution in [0, 0.1) is 0 Å². The topological polar surface area (TPSA) is 180 Å². The molecule has 148 valence electrons. The molecule has 1 aliphatic rings. The van der Waals surface area contributed by atoms with Crippen molar-refractivity contribution >= 4 is 34.8 Å². The molecule has 0 radical (unpaired) electrons. The Morgan fingerprint density at radius 1 is 1.37 bits per heavy atom. The van der Waals surface area contributed by atoms with Gasteiger partial charge in [0.1, 0.15) is 18.3 Å². The summed E-state index contributed by atoms with van der Waals surface area (Å²) in [5.41, 5.74) is 5.00. The average molecular weight is 400 g/mol. The Morgan fingerprint density at radius 2 is 2.07 bits per heavy atom. The third kappa shape index (κ3) is 3.51. The molecule has 0 spiro atoms. The Bertz CT molecular complexity index is 913. The standard InChI is InChI=1S/C14H20N6O6S/c1-19(2)6(22)4-27-14-16-7-10(17-13(15)18-11(7)25)20(14)12-9(24)8(23)5(3-21)26-12/h5,8-9,12,21,23-24H,3-4H2,1-2H3,(H3,15,17,18,25). The number of fused-ring (bicyclic) bond motifs is 1. The summed E-state index contributed by atoms with van der Waals surface area (Å²) >= 11 is 1.01. The number of thioether (sulfide) groups is 1. The van der Waals surface area contributed by atoms with Gasteiger partial charge in [0, 0.05) is 14.1 Å². The highest BCUT2D eigenvalue weighted by Gasteiger charge is 2.45. The molecular formula is C14H20N6O6S. The first-order chi connectivity index (χ1) is 12.7. The predicted molar refractivity (Wildman–Crippen MR) is 95.0 cm³/mol. The van der Waals surface area contributed by atoms with Crippen molar-refractivity contribution in [1.29, 1.82) is 0 Å². The number of ether oxygens (including phenoxy) is 1. The number of imidazole rings is 1. The van der Waals surface area contributed by atoms with E-state index in [0.717, 1.165) is 11.8 Å². The summed E-state index contributed by atoms with van der Waals surface area (Å²) in [5.74, 6) is -0.346. The van der Waals surface area contributed by atoms with Gasteiger partial charge in [-0.15, -0.1) is 0 Å². The number of hydrogen-bond acceptors (Lipinski definition) is 10. The fourth-order valence-electron chi connectivity index (χ4n) is 2.66. The molecule has 0 aliphatic carbocycles. The highest BCUT2D eigenvalue weighted by molar-refractivity contribution is 7.99. The summed E-state index contributed by atoms with van der Waals surface area (Å²) in [5, 5.41) is 29.9. The number of nitrogen functional groups attached to an aromatic ring is 1. The van der Waals surface area contributed by atoms with E-state index in [-0.39, 0.29) is 33.9 Å². The Morgan fingerprint density at radius 3 is 2.67 bits per heavy atom. The van der Waals surface area contributed by atoms with Gasteiger partial charge in [-0.05, 0) is 0 Å². The maximum atomic E-state index is 12.2. The molecule has 2 aromatic heterocycles. The number of aliphatic hydroxyl groups is 3. The molecule has 3 rings (SSSR count). The van der Waals surface area contributed by atoms with Crippen LogP contribution < -0.4 is 11.3 Å². The number of hydrogen-bond donors (Lipinski definition) is 5. The molecule has 12 nitrogen and oxygen atoms in total. The largest absolute Gasteiger partial charge is 0.394 e. The number of amides is 1. The Kier molecular flexibility index (Phi) is 5.39. The van der Waals surface area contributed by atoms with E-state index < -0.39 is 36.7 Å². The van der Waals surface area contributed by atoms with Crippen molar-refractivity contribution in [3.8, 4) is 0 Å². The van der Waals surface area contributed by atoms with Crippen molar-refractivity contribution in [1.82, 2.24) is 24.4 Å². The van der Waals surface area contributed by atoms with Crippen molar-refractivity contribution in [2.45, 2.75) is 29.7 Å². The third-order valence-corrected chi connectivity index (χ3v) is 5.07. The lowest BCUT2D eigenvalue weighted by atomic mass is 10.1. The molecule has 6 N–H and O–H groups in total. The fraction of sp³-hybridized carbons (Fsp3) is 0.571. The van der Waals surface area contributed by atoms with E-state index in [9.17, 15) is 24.9 Å². The van der Waals surface area contributed by atoms with Crippen LogP contribution in [-0.4, -0.2) is 90.4 Å². The molecule has 2 aromatic rings. The molecule has 1 aliphatic heterocycles. The van der Waals surface area contributed by atoms with Crippen LogP contribution in [0.2, 0.25) is 0 Å². The van der Waals surface area contributed by atoms with Crippen molar-refractivity contribution in [3.63, 3.8) is 0 Å². The average Bonchev–Trinajstić information content (AvgIpc) is 3.10. The van der Waals surface area contributed by atoms with E-state index in [1.54, 1.807) is 14.1 Å². The van der Waals surface area contributed by atoms with Gasteiger partial charge in [-0.3, -0.25) is 19.1 Å². The smallest absolute Gasteiger partial charge is 0.280 e. The minimum atomic E-state index is -1.41. The molecule has 0 aromatic carbocycles. The lowest BCUT2D eigenvalue weighted by Gasteiger charge is -2.19. The number of anilines is 1. The molecular weight excluding hydrogens is 380 g/mol. The van der Waals surface area contributed by atoms with Crippen LogP contribution >= 0.6 is 11.8 Å². The second-order valence-corrected chi connectivity index (χ2v) is 7.14. The van der Waals surface area contributed by atoms with E-state index in [4.69, 9.17) is 10.5 Å². The normalized spacial score (nSPS) is 25.2. The van der Waals surface area contributed by atoms with Crippen molar-refractivity contribution in [2.24, 2.45) is 0 Å². The summed E-state index contributed by atoms with van der Waals surface area (Å²) in [4.78, 5) is 36.0. The van der Waals surface area contributed by atoms with Crippen molar-refractivity contribution in [2.75, 3.05) is 32.2 Å². The molecule has 1 amide bonds. The lowest BCUT2D eigenvalue weighted by molar-refractivity contribution is -0.125. The summed E-state index contributed by atoms with van der Waals surface area (Å²) in [7, 11) is 3.20. The molecule has 13 heteroatoms. The summed E-state index contributed by atoms with van der Waals surface area (Å²) in [6.45, 7) is -0.515. The lowest BCUT2D eigenvalue weighted by Crippen LogP contribution is -2.33. The zero-order valence-electron chi connectivity index (χ0n) is 14.6. The zero-order valence-corrected chi connectivity index (χ0v) is 15.4. The Labute approximate surface area is 157 Å². The van der Waals surface area contributed by atoms with E-state index >= 15 is 0 Å². The highest BCUT2D eigenvalue weighted by Crippen LogP contribution is 2.35. The second kappa shape index (κ2) is 7.44. The first-order valence-electron chi connectivity index (χ1n) is 7.97. The van der Waals surface area contributed by atoms with Gasteiger partial charge in [-0.2, -0.15) is 4.98 Å². The van der Waals surface area contributed by atoms with Gasteiger partial charge in [0.15, 0.2) is 22.5 Å². The number of aromatic nitrogens is 4. The van der Waals surface area contributed by atoms with Gasteiger partial charge < -0.3 is 30.7 Å². The summed E-state index contributed by atoms with van der Waals surface area (Å²) in [6, 6.07) is 0. The van der Waals surface area contributed by atoms with Gasteiger partial charge in [0.05, 0.1) is 12.4 Å². The number of H-pyrrole nitrogens is 1. The summed E-state index contributed by atoms with van der Waals surface area (Å²) in [6.07, 6.45) is -4.96. The number of nitrogens with one attached hydrogen (secondary N) is 1. The second-order valence-electron chi connectivity index (χ2n) is 6.19. The minimum Gasteiger partial charge on any atom is -0.394 e. The summed E-state index contributed by atoms with van der Waals surface area (Å²) < 4.78 is 6.84. The maximum absolute atomic E-state index is 12.2. The molecule has 27 heavy (non-hydrogen) atoms. The van der Waals surface area contributed by atoms with Gasteiger partial charge in [-0.1, -0.05) is 11.8 Å². The van der Waals surface area contributed by atoms with Crippen LogP contribution in [0.3, 0.4) is 0 Å². The van der Waals surface area contributed by atoms with E-state index in [2.05, 4.69) is 15.0 Å². The van der Waals surface area contributed by atoms with E-state index in [1.165, 1.54) is 9.47 Å². The van der Waals surface area contributed by atoms with Crippen LogP contribution in [0.1, 0.15) is 6.23 Å². The van der Waals surface area contributed by atoms with Crippen LogP contribution in [0.5, 0.6) is 0 Å². The molecule has 3 heterocycles. The van der Waals surface area contributed by atoms with Crippen LogP contribution in [0.4, 0.5) is 5.95 Å². The number of rotatable bonds is 5. The van der Waals surface area contributed by atoms with Gasteiger partial charge >= 0.3 is 0 Å². The fourth-order valence-corrected chi connectivity index (χ4v) is 3.66. The van der Waals surface area contributed by atoms with Crippen LogP contribution in [-0.2, 0) is 9.53 Å². The number of carbonyl (C=O) groups excluding carboxylic acids is 1. The predicted octanol–water partition coefficient (Wildman–Crippen LogP) is -2.51. The SMILES string of the molecule is CN(C)C(=O)CSc1nc2c(=O)[nH]c(N)nc2n1C1OC(CO)C(O)C1O. The van der Waals surface area contributed by atoms with Gasteiger partial charge in [0.25, 0.3) is 5.56 Å². The maximum Gasteiger partial charge on any atom is 0.280 e. The number of nitrogens with two attached hydrogens (primary N) is 1. The first kappa shape index (κ1) is 19.6. The monoisotopic (exact) mass is 400 g/mol. The Hall–Kier alpha value is -2.19. The molecule has 0 saturated carbocycles. The quantitative estimate of drug-likeness (QED) is 0.336. The van der Waals surface area contributed by atoms with Crippen LogP contribution in [0.25, 0.3) is 11.2 Å². The molecule has 1 saturated heterocycles. The molecule has 0 bridgehead atoms. The Balaban J connectivity index is 2.09. The molecule has 4 unspecified atom stereocenters. The highest BCUT2D eigenvalue weighted by atomic mass is 32.2. The van der Waals surface area contributed by atoms with Crippen molar-refractivity contribution in [3.05, 3.63) is 10.4 Å². The van der Waals surface area contributed by atoms with Crippen molar-refractivity contribution < 1.29 is 24.9 Å². The van der Waals surface area contributed by atoms with E-state index in [0.29, 0.717) is 0 Å². The number of aromatic amines is 1. The third-order valence-electron chi connectivity index (χ3n) is 4.13. The number of nitrogens with zero attached hydrogens (tertiary/aromatic N) is 4. The number of carbonyl (C=O) groups is 1. The number of aliphatic hydroxyl groups excluding tert-OH is 3. The van der Waals surface area contributed by atoms with E-state index in [1.807, 2.05) is 0 Å². The first-order valence-corrected chi connectivity index (χ1v) is 8.96. The minimum absolute atomic E-state index is 0.0124. The zero-order chi connectivity index (χ0) is 19.9. The van der Waals surface area contributed by atoms with Crippen LogP contribution in [0.15, 0.2) is 9.95 Å². The molecule has 1 fully saturated rings. The molecule has 4 atom stereocenters. The van der Waals surface area contributed by atoms with Gasteiger partial charge in [-0.25, -0.2) is 4.98 Å².